The molecule has 0 spiro atoms. The van der Waals surface area contributed by atoms with Gasteiger partial charge in [0.1, 0.15) is 0 Å². The Morgan fingerprint density at radius 3 is 2.63 bits per heavy atom. The Bertz CT molecular complexity index is 615. The number of hydrogen-bond donors (Lipinski definition) is 2. The third-order valence-corrected chi connectivity index (χ3v) is 3.44. The Morgan fingerprint density at radius 2 is 2.00 bits per heavy atom. The molecule has 0 atom stereocenters. The number of aryl methyl sites for hydroxylation is 3. The maximum absolute atomic E-state index is 10.7. The van der Waals surface area contributed by atoms with Crippen molar-refractivity contribution in [2.75, 3.05) is 0 Å². The maximum atomic E-state index is 10.7. The van der Waals surface area contributed by atoms with E-state index in [-0.39, 0.29) is 6.42 Å². The number of rotatable bonds is 4. The van der Waals surface area contributed by atoms with Crippen LogP contribution in [0.5, 0.6) is 0 Å². The van der Waals surface area contributed by atoms with Gasteiger partial charge in [-0.1, -0.05) is 12.1 Å². The largest absolute Gasteiger partial charge is 0.481 e. The lowest BCUT2D eigenvalue weighted by Crippen LogP contribution is -1.99. The van der Waals surface area contributed by atoms with E-state index in [4.69, 9.17) is 5.11 Å². The molecule has 0 aliphatic heterocycles. The predicted octanol–water partition coefficient (Wildman–Crippen LogP) is 3.02. The van der Waals surface area contributed by atoms with Crippen LogP contribution < -0.4 is 0 Å². The molecule has 1 heterocycles. The van der Waals surface area contributed by atoms with E-state index in [1.54, 1.807) is 0 Å². The van der Waals surface area contributed by atoms with Crippen molar-refractivity contribution in [3.05, 3.63) is 40.6 Å². The lowest BCUT2D eigenvalue weighted by Gasteiger charge is -2.06. The van der Waals surface area contributed by atoms with Crippen LogP contribution in [0.3, 0.4) is 0 Å². The first-order valence-corrected chi connectivity index (χ1v) is 6.32. The van der Waals surface area contributed by atoms with Crippen LogP contribution in [0.25, 0.3) is 11.3 Å². The molecule has 2 N–H and O–H groups in total. The van der Waals surface area contributed by atoms with Crippen molar-refractivity contribution in [1.29, 1.82) is 0 Å². The first-order chi connectivity index (χ1) is 8.99. The molecule has 2 rings (SSSR count). The van der Waals surface area contributed by atoms with Gasteiger partial charge < -0.3 is 5.11 Å². The fourth-order valence-electron chi connectivity index (χ4n) is 2.12. The van der Waals surface area contributed by atoms with Crippen LogP contribution >= 0.6 is 0 Å². The second-order valence-electron chi connectivity index (χ2n) is 4.87. The number of aromatic amines is 1. The van der Waals surface area contributed by atoms with Crippen LogP contribution in [0, 0.1) is 20.8 Å². The summed E-state index contributed by atoms with van der Waals surface area (Å²) in [5, 5.41) is 16.1. The number of benzene rings is 1. The van der Waals surface area contributed by atoms with E-state index in [1.165, 1.54) is 11.1 Å². The van der Waals surface area contributed by atoms with Gasteiger partial charge in [-0.2, -0.15) is 5.10 Å². The molecule has 0 saturated carbocycles. The zero-order valence-electron chi connectivity index (χ0n) is 11.4. The maximum Gasteiger partial charge on any atom is 0.303 e. The zero-order chi connectivity index (χ0) is 14.0. The summed E-state index contributed by atoms with van der Waals surface area (Å²) < 4.78 is 0. The summed E-state index contributed by atoms with van der Waals surface area (Å²) in [5.74, 6) is -0.786. The van der Waals surface area contributed by atoms with Gasteiger partial charge in [-0.05, 0) is 44.4 Å². The molecule has 0 unspecified atom stereocenters. The van der Waals surface area contributed by atoms with Gasteiger partial charge in [0, 0.05) is 23.2 Å². The first-order valence-electron chi connectivity index (χ1n) is 6.32. The smallest absolute Gasteiger partial charge is 0.303 e. The lowest BCUT2D eigenvalue weighted by molar-refractivity contribution is -0.136. The first kappa shape index (κ1) is 13.3. The number of nitrogens with zero attached hydrogens (tertiary/aromatic N) is 1. The number of aliphatic carboxylic acids is 1. The number of H-pyrrole nitrogens is 1. The van der Waals surface area contributed by atoms with E-state index in [9.17, 15) is 4.79 Å². The molecule has 0 bridgehead atoms. The standard InChI is InChI=1S/C15H18N2O2/c1-9-4-5-12(8-10(9)2)15-13(6-7-14(18)19)11(3)16-17-15/h4-5,8H,6-7H2,1-3H3,(H,16,17)(H,18,19). The molecule has 0 radical (unpaired) electrons. The quantitative estimate of drug-likeness (QED) is 0.885. The Labute approximate surface area is 112 Å². The normalized spacial score (nSPS) is 10.7. The van der Waals surface area contributed by atoms with Crippen molar-refractivity contribution < 1.29 is 9.90 Å². The van der Waals surface area contributed by atoms with Gasteiger partial charge >= 0.3 is 5.97 Å². The Balaban J connectivity index is 2.38. The van der Waals surface area contributed by atoms with E-state index >= 15 is 0 Å². The number of carboxylic acids is 1. The van der Waals surface area contributed by atoms with E-state index in [0.29, 0.717) is 6.42 Å². The minimum Gasteiger partial charge on any atom is -0.481 e. The van der Waals surface area contributed by atoms with Crippen LogP contribution in [-0.2, 0) is 11.2 Å². The third-order valence-electron chi connectivity index (χ3n) is 3.44. The minimum atomic E-state index is -0.786. The van der Waals surface area contributed by atoms with Gasteiger partial charge in [-0.25, -0.2) is 0 Å². The summed E-state index contributed by atoms with van der Waals surface area (Å²) >= 11 is 0. The monoisotopic (exact) mass is 258 g/mol. The predicted molar refractivity (Wildman–Crippen MR) is 74.2 cm³/mol. The summed E-state index contributed by atoms with van der Waals surface area (Å²) in [5.41, 5.74) is 6.28. The SMILES string of the molecule is Cc1ccc(-c2n[nH]c(C)c2CCC(=O)O)cc1C. The molecule has 4 nitrogen and oxygen atoms in total. The van der Waals surface area contributed by atoms with Crippen molar-refractivity contribution in [3.8, 4) is 11.3 Å². The van der Waals surface area contributed by atoms with Crippen molar-refractivity contribution in [3.63, 3.8) is 0 Å². The van der Waals surface area contributed by atoms with Gasteiger partial charge in [0.15, 0.2) is 0 Å². The molecule has 0 aliphatic rings. The number of nitrogens with one attached hydrogen (secondary N) is 1. The van der Waals surface area contributed by atoms with Crippen molar-refractivity contribution in [2.24, 2.45) is 0 Å². The van der Waals surface area contributed by atoms with Crippen LogP contribution in [0.15, 0.2) is 18.2 Å². The minimum absolute atomic E-state index is 0.123. The molecule has 0 aliphatic carbocycles. The molecule has 1 aromatic carbocycles. The number of aromatic nitrogens is 2. The van der Waals surface area contributed by atoms with Crippen molar-refractivity contribution >= 4 is 5.97 Å². The van der Waals surface area contributed by atoms with Gasteiger partial charge in [0.25, 0.3) is 0 Å². The van der Waals surface area contributed by atoms with Crippen molar-refractivity contribution in [1.82, 2.24) is 10.2 Å². The number of carboxylic acid groups (broad SMARTS) is 1. The Kier molecular flexibility index (Phi) is 3.69. The van der Waals surface area contributed by atoms with Gasteiger partial charge in [-0.3, -0.25) is 9.89 Å². The summed E-state index contributed by atoms with van der Waals surface area (Å²) in [6, 6.07) is 6.19. The summed E-state index contributed by atoms with van der Waals surface area (Å²) in [6.07, 6.45) is 0.623. The average molecular weight is 258 g/mol. The molecule has 1 aromatic heterocycles. The van der Waals surface area contributed by atoms with Crippen LogP contribution in [0.4, 0.5) is 0 Å². The van der Waals surface area contributed by atoms with Crippen LogP contribution in [0.2, 0.25) is 0 Å². The summed E-state index contributed by atoms with van der Waals surface area (Å²) in [6.45, 7) is 6.06. The van der Waals surface area contributed by atoms with Gasteiger partial charge in [-0.15, -0.1) is 0 Å². The molecule has 0 fully saturated rings. The van der Waals surface area contributed by atoms with Gasteiger partial charge in [0.05, 0.1) is 5.69 Å². The second kappa shape index (κ2) is 5.26. The Hall–Kier alpha value is -2.10. The van der Waals surface area contributed by atoms with E-state index in [2.05, 4.69) is 36.2 Å². The highest BCUT2D eigenvalue weighted by atomic mass is 16.4. The van der Waals surface area contributed by atoms with Crippen molar-refractivity contribution in [2.45, 2.75) is 33.6 Å². The summed E-state index contributed by atoms with van der Waals surface area (Å²) in [7, 11) is 0. The molecule has 0 amide bonds. The molecule has 2 aromatic rings. The highest BCUT2D eigenvalue weighted by molar-refractivity contribution is 5.69. The highest BCUT2D eigenvalue weighted by Crippen LogP contribution is 2.26. The second-order valence-corrected chi connectivity index (χ2v) is 4.87. The topological polar surface area (TPSA) is 66.0 Å². The van der Waals surface area contributed by atoms with Gasteiger partial charge in [0.2, 0.25) is 0 Å². The third kappa shape index (κ3) is 2.84. The Morgan fingerprint density at radius 1 is 1.26 bits per heavy atom. The lowest BCUT2D eigenvalue weighted by atomic mass is 9.99. The van der Waals surface area contributed by atoms with Crippen LogP contribution in [-0.4, -0.2) is 21.3 Å². The zero-order valence-corrected chi connectivity index (χ0v) is 11.4. The fourth-order valence-corrected chi connectivity index (χ4v) is 2.12. The molecule has 19 heavy (non-hydrogen) atoms. The summed E-state index contributed by atoms with van der Waals surface area (Å²) in [4.78, 5) is 10.7. The number of carbonyl (C=O) groups is 1. The highest BCUT2D eigenvalue weighted by Gasteiger charge is 2.13. The molecule has 4 heteroatoms. The molecule has 100 valence electrons. The van der Waals surface area contributed by atoms with Crippen LogP contribution in [0.1, 0.15) is 28.8 Å². The fraction of sp³-hybridized carbons (Fsp3) is 0.333. The molecule has 0 saturated heterocycles. The average Bonchev–Trinajstić information content (AvgIpc) is 2.71. The van der Waals surface area contributed by atoms with E-state index in [1.807, 2.05) is 13.0 Å². The van der Waals surface area contributed by atoms with E-state index in [0.717, 1.165) is 22.5 Å². The number of hydrogen-bond acceptors (Lipinski definition) is 2. The van der Waals surface area contributed by atoms with E-state index < -0.39 is 5.97 Å². The molecular formula is C15H18N2O2. The molecular weight excluding hydrogens is 240 g/mol.